The van der Waals surface area contributed by atoms with Crippen LogP contribution in [0.4, 0.5) is 5.69 Å². The third-order valence-electron chi connectivity index (χ3n) is 2.31. The predicted octanol–water partition coefficient (Wildman–Crippen LogP) is -0.162. The SMILES string of the molecule is CC(C)(CNC(=O)c1cc(N)c[nH]1)C(N)=O. The summed E-state index contributed by atoms with van der Waals surface area (Å²) in [7, 11) is 0. The summed E-state index contributed by atoms with van der Waals surface area (Å²) in [6.07, 6.45) is 1.52. The number of carbonyl (C=O) groups excluding carboxylic acids is 2. The minimum absolute atomic E-state index is 0.181. The molecule has 2 amide bonds. The van der Waals surface area contributed by atoms with Crippen molar-refractivity contribution < 1.29 is 9.59 Å². The quantitative estimate of drug-likeness (QED) is 0.569. The van der Waals surface area contributed by atoms with Gasteiger partial charge in [-0.2, -0.15) is 0 Å². The van der Waals surface area contributed by atoms with Crippen LogP contribution in [0.5, 0.6) is 0 Å². The molecule has 0 atom stereocenters. The highest BCUT2D eigenvalue weighted by Gasteiger charge is 2.25. The van der Waals surface area contributed by atoms with Gasteiger partial charge in [0.15, 0.2) is 0 Å². The van der Waals surface area contributed by atoms with E-state index >= 15 is 0 Å². The summed E-state index contributed by atoms with van der Waals surface area (Å²) in [4.78, 5) is 25.3. The molecule has 0 aliphatic heterocycles. The number of nitrogens with one attached hydrogen (secondary N) is 2. The van der Waals surface area contributed by atoms with Gasteiger partial charge in [0.25, 0.3) is 5.91 Å². The van der Waals surface area contributed by atoms with Gasteiger partial charge in [0.05, 0.1) is 5.41 Å². The number of rotatable bonds is 4. The summed E-state index contributed by atoms with van der Waals surface area (Å²) in [5, 5.41) is 2.61. The van der Waals surface area contributed by atoms with Crippen LogP contribution in [0.25, 0.3) is 0 Å². The van der Waals surface area contributed by atoms with Gasteiger partial charge in [0, 0.05) is 18.4 Å². The number of anilines is 1. The molecule has 0 spiro atoms. The van der Waals surface area contributed by atoms with E-state index in [4.69, 9.17) is 11.5 Å². The van der Waals surface area contributed by atoms with Gasteiger partial charge in [-0.15, -0.1) is 0 Å². The van der Waals surface area contributed by atoms with Crippen LogP contribution in [0, 0.1) is 5.41 Å². The first kappa shape index (κ1) is 12.1. The third-order valence-corrected chi connectivity index (χ3v) is 2.31. The molecule has 0 aromatic carbocycles. The molecule has 0 radical (unpaired) electrons. The molecule has 16 heavy (non-hydrogen) atoms. The Hall–Kier alpha value is -1.98. The van der Waals surface area contributed by atoms with Crippen LogP contribution < -0.4 is 16.8 Å². The molecule has 0 saturated heterocycles. The average Bonchev–Trinajstić information content (AvgIpc) is 2.61. The summed E-state index contributed by atoms with van der Waals surface area (Å²) in [6.45, 7) is 3.51. The standard InChI is InChI=1S/C10H16N4O2/c1-10(2,9(12)16)5-14-8(15)7-3-6(11)4-13-7/h3-4,13H,5,11H2,1-2H3,(H2,12,16)(H,14,15). The maximum atomic E-state index is 11.6. The topological polar surface area (TPSA) is 114 Å². The Morgan fingerprint density at radius 2 is 2.12 bits per heavy atom. The van der Waals surface area contributed by atoms with Gasteiger partial charge in [-0.3, -0.25) is 9.59 Å². The molecule has 6 heteroatoms. The zero-order valence-corrected chi connectivity index (χ0v) is 9.33. The van der Waals surface area contributed by atoms with Gasteiger partial charge in [0.2, 0.25) is 5.91 Å². The number of carbonyl (C=O) groups is 2. The van der Waals surface area contributed by atoms with E-state index in [1.54, 1.807) is 13.8 Å². The molecule has 1 rings (SSSR count). The molecule has 88 valence electrons. The summed E-state index contributed by atoms with van der Waals surface area (Å²) in [5.74, 6) is -0.773. The number of hydrogen-bond acceptors (Lipinski definition) is 3. The maximum absolute atomic E-state index is 11.6. The molecule has 0 fully saturated rings. The van der Waals surface area contributed by atoms with E-state index in [9.17, 15) is 9.59 Å². The zero-order valence-electron chi connectivity index (χ0n) is 9.33. The van der Waals surface area contributed by atoms with Gasteiger partial charge >= 0.3 is 0 Å². The van der Waals surface area contributed by atoms with E-state index in [-0.39, 0.29) is 12.5 Å². The summed E-state index contributed by atoms with van der Waals surface area (Å²) < 4.78 is 0. The lowest BCUT2D eigenvalue weighted by atomic mass is 9.93. The smallest absolute Gasteiger partial charge is 0.267 e. The van der Waals surface area contributed by atoms with Gasteiger partial charge in [-0.25, -0.2) is 0 Å². The summed E-state index contributed by atoms with van der Waals surface area (Å²) in [6, 6.07) is 1.52. The molecule has 1 aromatic rings. The number of H-pyrrole nitrogens is 1. The van der Waals surface area contributed by atoms with Crippen molar-refractivity contribution in [2.45, 2.75) is 13.8 Å². The molecule has 0 aliphatic carbocycles. The van der Waals surface area contributed by atoms with Crippen LogP contribution in [0.1, 0.15) is 24.3 Å². The Bertz CT molecular complexity index is 409. The fourth-order valence-electron chi connectivity index (χ4n) is 1.03. The van der Waals surface area contributed by atoms with Crippen molar-refractivity contribution in [3.8, 4) is 0 Å². The van der Waals surface area contributed by atoms with E-state index in [0.29, 0.717) is 11.4 Å². The Balaban J connectivity index is 2.57. The second kappa shape index (κ2) is 4.26. The second-order valence-electron chi connectivity index (χ2n) is 4.28. The highest BCUT2D eigenvalue weighted by molar-refractivity contribution is 5.93. The molecule has 1 aromatic heterocycles. The Morgan fingerprint density at radius 1 is 1.50 bits per heavy atom. The van der Waals surface area contributed by atoms with Crippen LogP contribution in [0.3, 0.4) is 0 Å². The van der Waals surface area contributed by atoms with E-state index < -0.39 is 11.3 Å². The molecular formula is C10H16N4O2. The van der Waals surface area contributed by atoms with Gasteiger partial charge in [-0.1, -0.05) is 0 Å². The van der Waals surface area contributed by atoms with Crippen LogP contribution in [0.2, 0.25) is 0 Å². The van der Waals surface area contributed by atoms with Crippen LogP contribution in [0.15, 0.2) is 12.3 Å². The largest absolute Gasteiger partial charge is 0.397 e. The van der Waals surface area contributed by atoms with Gasteiger partial charge < -0.3 is 21.8 Å². The van der Waals surface area contributed by atoms with Crippen LogP contribution in [-0.4, -0.2) is 23.3 Å². The highest BCUT2D eigenvalue weighted by Crippen LogP contribution is 2.12. The number of aromatic amines is 1. The normalized spacial score (nSPS) is 11.1. The first-order chi connectivity index (χ1) is 7.33. The number of nitrogens with two attached hydrogens (primary N) is 2. The Morgan fingerprint density at radius 3 is 2.56 bits per heavy atom. The van der Waals surface area contributed by atoms with Crippen molar-refractivity contribution in [3.63, 3.8) is 0 Å². The van der Waals surface area contributed by atoms with Crippen molar-refractivity contribution in [2.75, 3.05) is 12.3 Å². The third kappa shape index (κ3) is 2.75. The first-order valence-corrected chi connectivity index (χ1v) is 4.85. The fraction of sp³-hybridized carbons (Fsp3) is 0.400. The monoisotopic (exact) mass is 224 g/mol. The van der Waals surface area contributed by atoms with E-state index in [0.717, 1.165) is 0 Å². The average molecular weight is 224 g/mol. The number of hydrogen-bond donors (Lipinski definition) is 4. The fourth-order valence-corrected chi connectivity index (χ4v) is 1.03. The molecule has 0 saturated carbocycles. The van der Waals surface area contributed by atoms with E-state index in [1.165, 1.54) is 12.3 Å². The number of primary amides is 1. The minimum atomic E-state index is -0.770. The molecule has 6 nitrogen and oxygen atoms in total. The molecule has 6 N–H and O–H groups in total. The first-order valence-electron chi connectivity index (χ1n) is 4.85. The second-order valence-corrected chi connectivity index (χ2v) is 4.28. The van der Waals surface area contributed by atoms with Crippen molar-refractivity contribution in [3.05, 3.63) is 18.0 Å². The minimum Gasteiger partial charge on any atom is -0.397 e. The van der Waals surface area contributed by atoms with Crippen molar-refractivity contribution in [2.24, 2.45) is 11.1 Å². The molecule has 1 heterocycles. The molecule has 0 aliphatic rings. The van der Waals surface area contributed by atoms with Crippen molar-refractivity contribution >= 4 is 17.5 Å². The molecular weight excluding hydrogens is 208 g/mol. The van der Waals surface area contributed by atoms with Gasteiger partial charge in [-0.05, 0) is 19.9 Å². The molecule has 0 unspecified atom stereocenters. The lowest BCUT2D eigenvalue weighted by molar-refractivity contribution is -0.125. The number of amides is 2. The lowest BCUT2D eigenvalue weighted by Crippen LogP contribution is -2.42. The van der Waals surface area contributed by atoms with E-state index in [1.807, 2.05) is 0 Å². The lowest BCUT2D eigenvalue weighted by Gasteiger charge is -2.20. The van der Waals surface area contributed by atoms with Gasteiger partial charge in [0.1, 0.15) is 5.69 Å². The highest BCUT2D eigenvalue weighted by atomic mass is 16.2. The van der Waals surface area contributed by atoms with Crippen molar-refractivity contribution in [1.82, 2.24) is 10.3 Å². The summed E-state index contributed by atoms with van der Waals surface area (Å²) in [5.41, 5.74) is 10.7. The Kier molecular flexibility index (Phi) is 3.22. The van der Waals surface area contributed by atoms with Crippen molar-refractivity contribution in [1.29, 1.82) is 0 Å². The zero-order chi connectivity index (χ0) is 12.3. The maximum Gasteiger partial charge on any atom is 0.267 e. The van der Waals surface area contributed by atoms with E-state index in [2.05, 4.69) is 10.3 Å². The van der Waals surface area contributed by atoms with Crippen LogP contribution >= 0.6 is 0 Å². The van der Waals surface area contributed by atoms with Crippen LogP contribution in [-0.2, 0) is 4.79 Å². The molecule has 0 bridgehead atoms. The summed E-state index contributed by atoms with van der Waals surface area (Å²) >= 11 is 0. The number of nitrogen functional groups attached to an aromatic ring is 1. The Labute approximate surface area is 93.4 Å². The number of aromatic nitrogens is 1. The predicted molar refractivity (Wildman–Crippen MR) is 60.5 cm³/mol.